The van der Waals surface area contributed by atoms with Crippen molar-refractivity contribution >= 4 is 17.9 Å². The van der Waals surface area contributed by atoms with Gasteiger partial charge in [-0.2, -0.15) is 0 Å². The van der Waals surface area contributed by atoms with Gasteiger partial charge in [0.15, 0.2) is 6.10 Å². The predicted octanol–water partition coefficient (Wildman–Crippen LogP) is 24.1. The highest BCUT2D eigenvalue weighted by Crippen LogP contribution is 2.16. The molecule has 0 rings (SSSR count). The molecule has 1 unspecified atom stereocenters. The van der Waals surface area contributed by atoms with Crippen molar-refractivity contribution in [2.45, 2.75) is 322 Å². The Morgan fingerprint density at radius 1 is 0.253 bits per heavy atom. The smallest absolute Gasteiger partial charge is 0.306 e. The molecule has 1 atom stereocenters. The van der Waals surface area contributed by atoms with E-state index >= 15 is 0 Å². The molecule has 6 nitrogen and oxygen atoms in total. The van der Waals surface area contributed by atoms with Gasteiger partial charge in [0.05, 0.1) is 0 Å². The third-order valence-corrected chi connectivity index (χ3v) is 14.6. The van der Waals surface area contributed by atoms with Crippen LogP contribution in [0.3, 0.4) is 0 Å². The lowest BCUT2D eigenvalue weighted by Gasteiger charge is -2.18. The summed E-state index contributed by atoms with van der Waals surface area (Å²) < 4.78 is 17.0. The van der Waals surface area contributed by atoms with Gasteiger partial charge in [-0.25, -0.2) is 0 Å². The number of hydrogen-bond acceptors (Lipinski definition) is 6. The van der Waals surface area contributed by atoms with E-state index in [1.807, 2.05) is 0 Å². The molecule has 0 fully saturated rings. The van der Waals surface area contributed by atoms with Gasteiger partial charge < -0.3 is 14.2 Å². The largest absolute Gasteiger partial charge is 0.462 e. The van der Waals surface area contributed by atoms with E-state index in [1.54, 1.807) is 0 Å². The van der Waals surface area contributed by atoms with Crippen molar-refractivity contribution < 1.29 is 28.6 Å². The molecule has 0 aliphatic heterocycles. The predicted molar refractivity (Wildman–Crippen MR) is 362 cm³/mol. The van der Waals surface area contributed by atoms with Crippen LogP contribution in [-0.4, -0.2) is 37.2 Å². The van der Waals surface area contributed by atoms with Crippen LogP contribution >= 0.6 is 0 Å². The van der Waals surface area contributed by atoms with Crippen LogP contribution in [0.15, 0.2) is 134 Å². The van der Waals surface area contributed by atoms with Crippen LogP contribution in [0.25, 0.3) is 0 Å². The Labute approximate surface area is 513 Å². The zero-order chi connectivity index (χ0) is 59.9. The molecule has 6 heteroatoms. The zero-order valence-electron chi connectivity index (χ0n) is 54.2. The molecule has 0 aromatic carbocycles. The van der Waals surface area contributed by atoms with Crippen LogP contribution in [0.5, 0.6) is 0 Å². The summed E-state index contributed by atoms with van der Waals surface area (Å²) in [5.74, 6) is -0.901. The molecule has 0 heterocycles. The SMILES string of the molecule is CC/C=C\C/C=C\C/C=C\C/C=C\C/C=C\CCCCCCCCCC(=O)OC(COC(=O)CCCCCCCCC/C=C\C/C=C\CCCCC)COC(=O)CCCCCCCCCCCCCC/C=C\C/C=C\C/C=C\C/C=C\CC. The minimum Gasteiger partial charge on any atom is -0.462 e. The molecule has 0 N–H and O–H groups in total. The monoisotopic (exact) mass is 1150 g/mol. The summed E-state index contributed by atoms with van der Waals surface area (Å²) in [4.78, 5) is 38.5. The highest BCUT2D eigenvalue weighted by Gasteiger charge is 2.19. The van der Waals surface area contributed by atoms with Gasteiger partial charge in [-0.1, -0.05) is 296 Å². The van der Waals surface area contributed by atoms with Gasteiger partial charge in [0, 0.05) is 19.3 Å². The second-order valence-electron chi connectivity index (χ2n) is 22.7. The van der Waals surface area contributed by atoms with Crippen molar-refractivity contribution in [3.05, 3.63) is 134 Å². The first-order valence-electron chi connectivity index (χ1n) is 34.7. The molecule has 0 spiro atoms. The number of unbranched alkanes of at least 4 members (excludes halogenated alkanes) is 29. The summed E-state index contributed by atoms with van der Waals surface area (Å²) in [6, 6.07) is 0. The van der Waals surface area contributed by atoms with E-state index in [9.17, 15) is 14.4 Å². The second-order valence-corrected chi connectivity index (χ2v) is 22.7. The van der Waals surface area contributed by atoms with Crippen LogP contribution in [0.1, 0.15) is 316 Å². The maximum Gasteiger partial charge on any atom is 0.306 e. The maximum atomic E-state index is 13.0. The average Bonchev–Trinajstić information content (AvgIpc) is 3.49. The minimum atomic E-state index is -0.795. The van der Waals surface area contributed by atoms with Crippen molar-refractivity contribution in [2.24, 2.45) is 0 Å². The fourth-order valence-electron chi connectivity index (χ4n) is 9.49. The molecule has 0 saturated carbocycles. The van der Waals surface area contributed by atoms with Crippen LogP contribution < -0.4 is 0 Å². The number of ether oxygens (including phenoxy) is 3. The molecule has 472 valence electrons. The fraction of sp³-hybridized carbons (Fsp3) is 0.675. The molecule has 0 bridgehead atoms. The first-order chi connectivity index (χ1) is 41.0. The van der Waals surface area contributed by atoms with Gasteiger partial charge in [0.25, 0.3) is 0 Å². The van der Waals surface area contributed by atoms with Crippen molar-refractivity contribution in [3.8, 4) is 0 Å². The molecular weight excluding hydrogens is 1020 g/mol. The third-order valence-electron chi connectivity index (χ3n) is 14.6. The first kappa shape index (κ1) is 78.5. The van der Waals surface area contributed by atoms with Gasteiger partial charge in [-0.15, -0.1) is 0 Å². The Kier molecular flexibility index (Phi) is 66.3. The molecule has 83 heavy (non-hydrogen) atoms. The van der Waals surface area contributed by atoms with E-state index in [-0.39, 0.29) is 31.1 Å². The second kappa shape index (κ2) is 70.0. The highest BCUT2D eigenvalue weighted by atomic mass is 16.6. The van der Waals surface area contributed by atoms with E-state index in [0.29, 0.717) is 19.3 Å². The van der Waals surface area contributed by atoms with Gasteiger partial charge >= 0.3 is 17.9 Å². The summed E-state index contributed by atoms with van der Waals surface area (Å²) in [6.07, 6.45) is 98.9. The van der Waals surface area contributed by atoms with Crippen LogP contribution in [0, 0.1) is 0 Å². The molecular formula is C77H128O6. The molecule has 0 aliphatic carbocycles. The quantitative estimate of drug-likeness (QED) is 0.0261. The average molecular weight is 1150 g/mol. The number of carbonyl (C=O) groups excluding carboxylic acids is 3. The lowest BCUT2D eigenvalue weighted by molar-refractivity contribution is -0.167. The Bertz CT molecular complexity index is 1750. The standard InChI is InChI=1S/C77H128O6/c1-4-7-10-13-16-19-22-25-28-31-33-35-37-38-40-41-43-46-49-52-55-58-61-64-67-70-76(79)82-73-74(72-81-75(78)69-66-63-60-57-54-51-48-45-30-27-24-21-18-15-12-9-6-3)83-77(80)71-68-65-62-59-56-53-50-47-44-42-39-36-34-32-29-26-23-20-17-14-11-8-5-2/h7-8,10-11,16-21,25-30,33-36,42,44,74H,4-6,9,12-15,22-24,31-32,37-41,43,45-73H2,1-3H3/b10-7-,11-8-,19-16-,20-17-,21-18-,28-25-,29-26-,30-27-,35-33-,36-34-,44-42-. The van der Waals surface area contributed by atoms with Crippen LogP contribution in [0.2, 0.25) is 0 Å². The summed E-state index contributed by atoms with van der Waals surface area (Å²) >= 11 is 0. The number of esters is 3. The Morgan fingerprint density at radius 2 is 0.470 bits per heavy atom. The van der Waals surface area contributed by atoms with Gasteiger partial charge in [0.1, 0.15) is 13.2 Å². The van der Waals surface area contributed by atoms with Gasteiger partial charge in [0.2, 0.25) is 0 Å². The molecule has 0 aromatic heterocycles. The minimum absolute atomic E-state index is 0.0886. The number of carbonyl (C=O) groups is 3. The summed E-state index contributed by atoms with van der Waals surface area (Å²) in [5.41, 5.74) is 0. The Hall–Kier alpha value is -4.45. The fourth-order valence-corrected chi connectivity index (χ4v) is 9.49. The molecule has 0 amide bonds. The van der Waals surface area contributed by atoms with Crippen molar-refractivity contribution in [1.29, 1.82) is 0 Å². The number of hydrogen-bond donors (Lipinski definition) is 0. The Morgan fingerprint density at radius 3 is 0.735 bits per heavy atom. The van der Waals surface area contributed by atoms with Crippen molar-refractivity contribution in [2.75, 3.05) is 13.2 Å². The maximum absolute atomic E-state index is 13.0. The summed E-state index contributed by atoms with van der Waals surface area (Å²) in [7, 11) is 0. The highest BCUT2D eigenvalue weighted by molar-refractivity contribution is 5.71. The third kappa shape index (κ3) is 68.2. The lowest BCUT2D eigenvalue weighted by atomic mass is 10.0. The molecule has 0 aromatic rings. The van der Waals surface area contributed by atoms with E-state index in [2.05, 4.69) is 154 Å². The van der Waals surface area contributed by atoms with Gasteiger partial charge in [-0.3, -0.25) is 14.4 Å². The molecule has 0 saturated heterocycles. The zero-order valence-corrected chi connectivity index (χ0v) is 54.2. The van der Waals surface area contributed by atoms with Crippen molar-refractivity contribution in [1.82, 2.24) is 0 Å². The van der Waals surface area contributed by atoms with E-state index in [4.69, 9.17) is 14.2 Å². The van der Waals surface area contributed by atoms with Crippen LogP contribution in [0.4, 0.5) is 0 Å². The topological polar surface area (TPSA) is 78.9 Å². The summed E-state index contributed by atoms with van der Waals surface area (Å²) in [5, 5.41) is 0. The summed E-state index contributed by atoms with van der Waals surface area (Å²) in [6.45, 7) is 6.40. The van der Waals surface area contributed by atoms with E-state index in [0.717, 1.165) is 135 Å². The van der Waals surface area contributed by atoms with E-state index < -0.39 is 6.10 Å². The number of allylic oxidation sites excluding steroid dienone is 22. The first-order valence-corrected chi connectivity index (χ1v) is 34.7. The molecule has 0 radical (unpaired) electrons. The molecule has 0 aliphatic rings. The Balaban J connectivity index is 4.41. The number of rotatable bonds is 62. The van der Waals surface area contributed by atoms with E-state index in [1.165, 1.54) is 141 Å². The van der Waals surface area contributed by atoms with Crippen molar-refractivity contribution in [3.63, 3.8) is 0 Å². The van der Waals surface area contributed by atoms with Gasteiger partial charge in [-0.05, 0) is 135 Å². The van der Waals surface area contributed by atoms with Crippen LogP contribution in [-0.2, 0) is 28.6 Å². The normalized spacial score (nSPS) is 13.0. The lowest BCUT2D eigenvalue weighted by Crippen LogP contribution is -2.30.